The zero-order chi connectivity index (χ0) is 14.4. The smallest absolute Gasteiger partial charge is 0.212 e. The lowest BCUT2D eigenvalue weighted by atomic mass is 10.1. The summed E-state index contributed by atoms with van der Waals surface area (Å²) in [5.74, 6) is 0.808. The molecule has 0 saturated carbocycles. The summed E-state index contributed by atoms with van der Waals surface area (Å²) in [7, 11) is -3.15. The molecular formula is C15H22ClNO2S. The second kappa shape index (κ2) is 7.43. The molecule has 3 nitrogen and oxygen atoms in total. The van der Waals surface area contributed by atoms with E-state index in [0.717, 1.165) is 31.2 Å². The average molecular weight is 316 g/mol. The first-order chi connectivity index (χ1) is 9.63. The third-order valence-corrected chi connectivity index (χ3v) is 6.03. The molecule has 1 saturated heterocycles. The van der Waals surface area contributed by atoms with Gasteiger partial charge in [-0.15, -0.1) is 11.6 Å². The van der Waals surface area contributed by atoms with E-state index in [4.69, 9.17) is 11.6 Å². The number of aryl methyl sites for hydroxylation is 1. The fourth-order valence-electron chi connectivity index (χ4n) is 2.79. The first kappa shape index (κ1) is 15.8. The normalized spacial score (nSPS) is 20.4. The van der Waals surface area contributed by atoms with Gasteiger partial charge in [-0.3, -0.25) is 0 Å². The number of halogens is 1. The summed E-state index contributed by atoms with van der Waals surface area (Å²) in [5, 5.41) is 0. The van der Waals surface area contributed by atoms with Gasteiger partial charge in [0.1, 0.15) is 0 Å². The van der Waals surface area contributed by atoms with Crippen molar-refractivity contribution in [3.05, 3.63) is 35.9 Å². The third-order valence-electron chi connectivity index (χ3n) is 3.84. The fraction of sp³-hybridized carbons (Fsp3) is 0.600. The molecule has 1 heterocycles. The van der Waals surface area contributed by atoms with Crippen molar-refractivity contribution in [2.45, 2.75) is 38.1 Å². The van der Waals surface area contributed by atoms with Gasteiger partial charge in [-0.05, 0) is 37.7 Å². The Morgan fingerprint density at radius 1 is 1.25 bits per heavy atom. The highest BCUT2D eigenvalue weighted by atomic mass is 35.5. The number of hydrogen-bond donors (Lipinski definition) is 0. The maximum absolute atomic E-state index is 12.5. The van der Waals surface area contributed by atoms with Crippen LogP contribution in [0.2, 0.25) is 0 Å². The fourth-order valence-corrected chi connectivity index (χ4v) is 4.74. The zero-order valence-electron chi connectivity index (χ0n) is 11.7. The first-order valence-electron chi connectivity index (χ1n) is 7.23. The van der Waals surface area contributed by atoms with Crippen LogP contribution in [0.15, 0.2) is 30.3 Å². The van der Waals surface area contributed by atoms with Gasteiger partial charge in [-0.25, -0.2) is 8.42 Å². The van der Waals surface area contributed by atoms with Gasteiger partial charge in [0.05, 0.1) is 5.75 Å². The molecule has 1 atom stereocenters. The van der Waals surface area contributed by atoms with Crippen LogP contribution in [0, 0.1) is 0 Å². The number of hydrogen-bond acceptors (Lipinski definition) is 2. The van der Waals surface area contributed by atoms with E-state index in [1.807, 2.05) is 30.3 Å². The molecule has 1 aliphatic rings. The Morgan fingerprint density at radius 2 is 2.00 bits per heavy atom. The Morgan fingerprint density at radius 3 is 2.70 bits per heavy atom. The van der Waals surface area contributed by atoms with Gasteiger partial charge in [0.15, 0.2) is 0 Å². The van der Waals surface area contributed by atoms with Gasteiger partial charge in [0.2, 0.25) is 10.0 Å². The lowest BCUT2D eigenvalue weighted by Gasteiger charge is -2.23. The highest BCUT2D eigenvalue weighted by Gasteiger charge is 2.33. The maximum Gasteiger partial charge on any atom is 0.214 e. The van der Waals surface area contributed by atoms with Crippen LogP contribution < -0.4 is 0 Å². The molecule has 1 aliphatic heterocycles. The van der Waals surface area contributed by atoms with Crippen molar-refractivity contribution in [2.24, 2.45) is 0 Å². The van der Waals surface area contributed by atoms with Crippen molar-refractivity contribution in [3.63, 3.8) is 0 Å². The minimum absolute atomic E-state index is 0.162. The van der Waals surface area contributed by atoms with Gasteiger partial charge in [0.25, 0.3) is 0 Å². The molecule has 1 fully saturated rings. The van der Waals surface area contributed by atoms with Crippen LogP contribution in [0.5, 0.6) is 0 Å². The zero-order valence-corrected chi connectivity index (χ0v) is 13.2. The van der Waals surface area contributed by atoms with Crippen LogP contribution in [-0.2, 0) is 16.4 Å². The number of rotatable bonds is 7. The molecule has 0 aliphatic carbocycles. The second-order valence-corrected chi connectivity index (χ2v) is 7.71. The van der Waals surface area contributed by atoms with E-state index in [1.54, 1.807) is 4.31 Å². The van der Waals surface area contributed by atoms with E-state index < -0.39 is 10.0 Å². The minimum atomic E-state index is -3.15. The SMILES string of the molecule is O=S(=O)(CCc1ccccc1)N1CCCC1CCCCl. The predicted molar refractivity (Wildman–Crippen MR) is 83.6 cm³/mol. The maximum atomic E-state index is 12.5. The molecule has 0 spiro atoms. The van der Waals surface area contributed by atoms with Gasteiger partial charge in [-0.2, -0.15) is 4.31 Å². The van der Waals surface area contributed by atoms with Crippen LogP contribution in [-0.4, -0.2) is 36.9 Å². The Kier molecular flexibility index (Phi) is 5.87. The summed E-state index contributed by atoms with van der Waals surface area (Å²) >= 11 is 5.72. The summed E-state index contributed by atoms with van der Waals surface area (Å²) < 4.78 is 26.7. The van der Waals surface area contributed by atoms with Crippen molar-refractivity contribution in [1.82, 2.24) is 4.31 Å². The summed E-state index contributed by atoms with van der Waals surface area (Å²) in [6, 6.07) is 9.95. The van der Waals surface area contributed by atoms with Crippen molar-refractivity contribution in [3.8, 4) is 0 Å². The first-order valence-corrected chi connectivity index (χ1v) is 9.37. The van der Waals surface area contributed by atoms with Crippen molar-refractivity contribution < 1.29 is 8.42 Å². The van der Waals surface area contributed by atoms with Crippen LogP contribution in [0.3, 0.4) is 0 Å². The summed E-state index contributed by atoms with van der Waals surface area (Å²) in [6.07, 6.45) is 4.30. The average Bonchev–Trinajstić information content (AvgIpc) is 2.93. The van der Waals surface area contributed by atoms with Crippen molar-refractivity contribution >= 4 is 21.6 Å². The van der Waals surface area contributed by atoms with Crippen LogP contribution in [0.1, 0.15) is 31.2 Å². The molecule has 112 valence electrons. The Labute approximate surface area is 127 Å². The quantitative estimate of drug-likeness (QED) is 0.725. The molecule has 1 aromatic rings. The Balaban J connectivity index is 1.95. The summed E-state index contributed by atoms with van der Waals surface area (Å²) in [6.45, 7) is 0.671. The second-order valence-electron chi connectivity index (χ2n) is 5.29. The third kappa shape index (κ3) is 4.21. The molecule has 1 aromatic carbocycles. The summed E-state index contributed by atoms with van der Waals surface area (Å²) in [5.41, 5.74) is 1.08. The molecule has 5 heteroatoms. The molecule has 0 radical (unpaired) electrons. The van der Waals surface area contributed by atoms with Crippen LogP contribution >= 0.6 is 11.6 Å². The number of sulfonamides is 1. The molecule has 0 bridgehead atoms. The van der Waals surface area contributed by atoms with Crippen molar-refractivity contribution in [1.29, 1.82) is 0 Å². The molecule has 0 N–H and O–H groups in total. The Bertz CT molecular complexity index is 504. The van der Waals surface area contributed by atoms with Gasteiger partial charge in [-0.1, -0.05) is 30.3 Å². The highest BCUT2D eigenvalue weighted by molar-refractivity contribution is 7.89. The van der Waals surface area contributed by atoms with E-state index >= 15 is 0 Å². The predicted octanol–water partition coefficient (Wildman–Crippen LogP) is 3.04. The highest BCUT2D eigenvalue weighted by Crippen LogP contribution is 2.25. The lowest BCUT2D eigenvalue weighted by molar-refractivity contribution is 0.368. The molecule has 1 unspecified atom stereocenters. The monoisotopic (exact) mass is 315 g/mol. The molecule has 2 rings (SSSR count). The molecule has 0 amide bonds. The number of nitrogens with zero attached hydrogens (tertiary/aromatic N) is 1. The number of alkyl halides is 1. The van der Waals surface area contributed by atoms with E-state index in [2.05, 4.69) is 0 Å². The topological polar surface area (TPSA) is 37.4 Å². The van der Waals surface area contributed by atoms with E-state index in [9.17, 15) is 8.42 Å². The van der Waals surface area contributed by atoms with E-state index in [1.165, 1.54) is 0 Å². The largest absolute Gasteiger partial charge is 0.214 e. The minimum Gasteiger partial charge on any atom is -0.212 e. The standard InChI is InChI=1S/C15H22ClNO2S/c16-11-4-8-15-9-5-12-17(15)20(18,19)13-10-14-6-2-1-3-7-14/h1-3,6-7,15H,4-5,8-13H2. The van der Waals surface area contributed by atoms with Crippen LogP contribution in [0.25, 0.3) is 0 Å². The Hall–Kier alpha value is -0.580. The molecule has 0 aromatic heterocycles. The van der Waals surface area contributed by atoms with E-state index in [-0.39, 0.29) is 11.8 Å². The number of benzene rings is 1. The van der Waals surface area contributed by atoms with Gasteiger partial charge < -0.3 is 0 Å². The van der Waals surface area contributed by atoms with E-state index in [0.29, 0.717) is 18.8 Å². The molecule has 20 heavy (non-hydrogen) atoms. The van der Waals surface area contributed by atoms with Crippen molar-refractivity contribution in [2.75, 3.05) is 18.2 Å². The van der Waals surface area contributed by atoms with Crippen LogP contribution in [0.4, 0.5) is 0 Å². The van der Waals surface area contributed by atoms with Gasteiger partial charge >= 0.3 is 0 Å². The van der Waals surface area contributed by atoms with Gasteiger partial charge in [0, 0.05) is 18.5 Å². The lowest BCUT2D eigenvalue weighted by Crippen LogP contribution is -2.37. The summed E-state index contributed by atoms with van der Waals surface area (Å²) in [4.78, 5) is 0. The molecular weight excluding hydrogens is 294 g/mol.